The number of para-hydroxylation sites is 2. The molecule has 3 heterocycles. The van der Waals surface area contributed by atoms with E-state index in [0.29, 0.717) is 23.0 Å². The molecule has 0 aliphatic heterocycles. The summed E-state index contributed by atoms with van der Waals surface area (Å²) in [4.78, 5) is 19.0. The second-order valence-electron chi connectivity index (χ2n) is 15.3. The van der Waals surface area contributed by atoms with Gasteiger partial charge in [-0.2, -0.15) is 0 Å². The second kappa shape index (κ2) is 16.5. The summed E-state index contributed by atoms with van der Waals surface area (Å²) in [6, 6.07) is 55.4. The zero-order chi connectivity index (χ0) is 42.9. The highest BCUT2D eigenvalue weighted by Crippen LogP contribution is 2.46. The Hall–Kier alpha value is -8.54. The van der Waals surface area contributed by atoms with Crippen molar-refractivity contribution in [2.45, 2.75) is 0 Å². The number of benzene rings is 7. The van der Waals surface area contributed by atoms with Gasteiger partial charge in [0.05, 0.1) is 11.0 Å². The van der Waals surface area contributed by atoms with E-state index in [-0.39, 0.29) is 0 Å². The maximum Gasteiger partial charge on any atom is 0.164 e. The van der Waals surface area contributed by atoms with E-state index in [1.807, 2.05) is 42.5 Å². The molecule has 0 bridgehead atoms. The number of pyridine rings is 1. The first-order chi connectivity index (χ1) is 31.0. The average Bonchev–Trinajstić information content (AvgIpc) is 3.69. The van der Waals surface area contributed by atoms with Gasteiger partial charge in [-0.1, -0.05) is 172 Å². The van der Waals surface area contributed by atoms with E-state index in [1.165, 1.54) is 27.4 Å². The summed E-state index contributed by atoms with van der Waals surface area (Å²) in [5, 5.41) is 6.95. The van der Waals surface area contributed by atoms with Crippen LogP contribution in [0.5, 0.6) is 0 Å². The number of rotatable bonds is 11. The van der Waals surface area contributed by atoms with E-state index in [1.54, 1.807) is 24.5 Å². The first-order valence-electron chi connectivity index (χ1n) is 20.8. The van der Waals surface area contributed by atoms with Crippen molar-refractivity contribution in [3.05, 3.63) is 244 Å². The lowest BCUT2D eigenvalue weighted by atomic mass is 9.85. The maximum atomic E-state index is 4.97. The van der Waals surface area contributed by atoms with Crippen LogP contribution < -0.4 is 0 Å². The summed E-state index contributed by atoms with van der Waals surface area (Å²) < 4.78 is 2.37. The maximum absolute atomic E-state index is 4.97. The fourth-order valence-corrected chi connectivity index (χ4v) is 8.73. The number of hydrogen-bond acceptors (Lipinski definition) is 4. The largest absolute Gasteiger partial charge is 0.309 e. The Balaban J connectivity index is 1.09. The van der Waals surface area contributed by atoms with Crippen LogP contribution in [0.3, 0.4) is 0 Å². The van der Waals surface area contributed by atoms with Crippen LogP contribution in [0.25, 0.3) is 99.4 Å². The van der Waals surface area contributed by atoms with Crippen LogP contribution in [-0.4, -0.2) is 24.5 Å². The lowest BCUT2D eigenvalue weighted by Gasteiger charge is -2.18. The van der Waals surface area contributed by atoms with Crippen molar-refractivity contribution >= 4 is 60.1 Å². The second-order valence-corrected chi connectivity index (χ2v) is 15.3. The summed E-state index contributed by atoms with van der Waals surface area (Å²) in [7, 11) is 0. The normalized spacial score (nSPS) is 11.8. The fourth-order valence-electron chi connectivity index (χ4n) is 8.73. The van der Waals surface area contributed by atoms with Crippen molar-refractivity contribution in [1.29, 1.82) is 0 Å². The van der Waals surface area contributed by atoms with Gasteiger partial charge in [0.25, 0.3) is 0 Å². The van der Waals surface area contributed by atoms with E-state index >= 15 is 0 Å². The molecule has 0 saturated carbocycles. The van der Waals surface area contributed by atoms with Gasteiger partial charge in [0, 0.05) is 45.6 Å². The van der Waals surface area contributed by atoms with Crippen molar-refractivity contribution in [2.75, 3.05) is 0 Å². The molecule has 5 nitrogen and oxygen atoms in total. The Bertz CT molecular complexity index is 3460. The zero-order valence-electron chi connectivity index (χ0n) is 34.6. The Labute approximate surface area is 366 Å². The van der Waals surface area contributed by atoms with E-state index in [9.17, 15) is 0 Å². The van der Waals surface area contributed by atoms with Crippen LogP contribution in [0.1, 0.15) is 17.2 Å². The van der Waals surface area contributed by atoms with Gasteiger partial charge in [0.15, 0.2) is 17.5 Å². The molecular weight excluding hydrogens is 767 g/mol. The van der Waals surface area contributed by atoms with Crippen molar-refractivity contribution in [2.24, 2.45) is 0 Å². The number of aromatic nitrogens is 5. The molecule has 5 heteroatoms. The molecule has 298 valence electrons. The third-order valence-corrected chi connectivity index (χ3v) is 11.6. The molecule has 0 radical (unpaired) electrons. The molecule has 0 aliphatic carbocycles. The molecule has 7 aromatic carbocycles. The molecule has 0 N–H and O–H groups in total. The summed E-state index contributed by atoms with van der Waals surface area (Å²) >= 11 is 0. The topological polar surface area (TPSA) is 56.5 Å². The molecule has 0 atom stereocenters. The van der Waals surface area contributed by atoms with Crippen LogP contribution in [0.2, 0.25) is 0 Å². The van der Waals surface area contributed by atoms with Crippen LogP contribution >= 0.6 is 0 Å². The highest BCUT2D eigenvalue weighted by molar-refractivity contribution is 6.25. The van der Waals surface area contributed by atoms with Crippen LogP contribution in [0.15, 0.2) is 227 Å². The third kappa shape index (κ3) is 6.98. The fraction of sp³-hybridized carbons (Fsp3) is 0. The molecule has 63 heavy (non-hydrogen) atoms. The molecule has 0 unspecified atom stereocenters. The van der Waals surface area contributed by atoms with Gasteiger partial charge in [-0.3, -0.25) is 4.98 Å². The minimum Gasteiger partial charge on any atom is -0.309 e. The molecule has 3 aromatic heterocycles. The van der Waals surface area contributed by atoms with E-state index in [2.05, 4.69) is 169 Å². The first-order valence-corrected chi connectivity index (χ1v) is 20.8. The van der Waals surface area contributed by atoms with E-state index in [4.69, 9.17) is 15.0 Å². The predicted molar refractivity (Wildman–Crippen MR) is 265 cm³/mol. The monoisotopic (exact) mass is 807 g/mol. The number of allylic oxidation sites excluding steroid dienone is 8. The lowest BCUT2D eigenvalue weighted by Crippen LogP contribution is -2.04. The Kier molecular flexibility index (Phi) is 10.1. The summed E-state index contributed by atoms with van der Waals surface area (Å²) in [6.45, 7) is 17.1. The van der Waals surface area contributed by atoms with E-state index in [0.717, 1.165) is 66.1 Å². The minimum absolute atomic E-state index is 0.443. The van der Waals surface area contributed by atoms with Crippen LogP contribution in [0.4, 0.5) is 0 Å². The van der Waals surface area contributed by atoms with Crippen molar-refractivity contribution < 1.29 is 0 Å². The molecular formula is C58H41N5. The molecule has 0 spiro atoms. The van der Waals surface area contributed by atoms with Crippen LogP contribution in [-0.2, 0) is 0 Å². The Morgan fingerprint density at radius 2 is 1.11 bits per heavy atom. The lowest BCUT2D eigenvalue weighted by molar-refractivity contribution is 1.00. The Morgan fingerprint density at radius 3 is 1.83 bits per heavy atom. The average molecular weight is 808 g/mol. The molecule has 0 saturated heterocycles. The smallest absolute Gasteiger partial charge is 0.164 e. The summed E-state index contributed by atoms with van der Waals surface area (Å²) in [6.07, 6.45) is 12.8. The molecule has 10 aromatic rings. The summed E-state index contributed by atoms with van der Waals surface area (Å²) in [5.74, 6) is 1.44. The minimum atomic E-state index is 0.443. The first kappa shape index (κ1) is 38.6. The standard InChI is InChI=1S/C58H41N5/c1-5-18-40(6-2)57-60-56(61-58(62-57)43-20-16-19-42(37-43)41-33-35-59-36-34-41)39(4)32-31-38(3)53-45-23-10-12-25-47(45)54(48-26-13-11-24-46(48)53)50-28-17-30-52-55(50)49-27-14-15-29-51(49)63(52)44-21-8-7-9-22-44/h5-37H,1-4H2/b32-31-,40-18+. The van der Waals surface area contributed by atoms with Gasteiger partial charge in [-0.15, -0.1) is 0 Å². The van der Waals surface area contributed by atoms with Gasteiger partial charge in [0.1, 0.15) is 0 Å². The highest BCUT2D eigenvalue weighted by atomic mass is 15.0. The van der Waals surface area contributed by atoms with Gasteiger partial charge < -0.3 is 4.57 Å². The highest BCUT2D eigenvalue weighted by Gasteiger charge is 2.21. The third-order valence-electron chi connectivity index (χ3n) is 11.6. The van der Waals surface area contributed by atoms with Gasteiger partial charge in [-0.05, 0) is 97.4 Å². The number of nitrogens with zero attached hydrogens (tertiary/aromatic N) is 5. The van der Waals surface area contributed by atoms with Gasteiger partial charge in [0.2, 0.25) is 0 Å². The number of hydrogen-bond donors (Lipinski definition) is 0. The van der Waals surface area contributed by atoms with Crippen LogP contribution in [0, 0.1) is 0 Å². The molecule has 0 aliphatic rings. The van der Waals surface area contributed by atoms with Crippen molar-refractivity contribution in [3.63, 3.8) is 0 Å². The van der Waals surface area contributed by atoms with E-state index < -0.39 is 0 Å². The Morgan fingerprint density at radius 1 is 0.508 bits per heavy atom. The molecule has 0 fully saturated rings. The van der Waals surface area contributed by atoms with Gasteiger partial charge >= 0.3 is 0 Å². The van der Waals surface area contributed by atoms with Gasteiger partial charge in [-0.25, -0.2) is 15.0 Å². The number of fused-ring (bicyclic) bond motifs is 5. The van der Waals surface area contributed by atoms with Crippen molar-refractivity contribution in [1.82, 2.24) is 24.5 Å². The van der Waals surface area contributed by atoms with Crippen molar-refractivity contribution in [3.8, 4) is 39.3 Å². The predicted octanol–water partition coefficient (Wildman–Crippen LogP) is 14.7. The molecule has 0 amide bonds. The SMILES string of the molecule is C=C/C=C(\C=C)c1nc(C(=C)/C=C\C(=C)c2c3ccccc3c(-c3cccc4c3c3ccccc3n4-c3ccccc3)c3ccccc23)nc(-c2cccc(-c3ccncc3)c2)n1. The summed E-state index contributed by atoms with van der Waals surface area (Å²) in [5.41, 5.74) is 12.0. The zero-order valence-corrected chi connectivity index (χ0v) is 34.6. The molecule has 10 rings (SSSR count). The quantitative estimate of drug-likeness (QED) is 0.0965.